The van der Waals surface area contributed by atoms with Crippen LogP contribution in [0.3, 0.4) is 0 Å². The van der Waals surface area contributed by atoms with E-state index in [4.69, 9.17) is 4.42 Å². The topological polar surface area (TPSA) is 33.4 Å². The lowest BCUT2D eigenvalue weighted by Gasteiger charge is -2.32. The molecular weight excluding hydrogens is 257 g/mol. The molecule has 0 aliphatic heterocycles. The van der Waals surface area contributed by atoms with Crippen LogP contribution in [-0.4, -0.2) is 5.11 Å². The van der Waals surface area contributed by atoms with Crippen LogP contribution in [0, 0.1) is 17.5 Å². The number of halogens is 3. The molecule has 0 radical (unpaired) electrons. The van der Waals surface area contributed by atoms with E-state index >= 15 is 0 Å². The third kappa shape index (κ3) is 1.69. The average molecular weight is 268 g/mol. The predicted octanol–water partition coefficient (Wildman–Crippen LogP) is 3.27. The van der Waals surface area contributed by atoms with Gasteiger partial charge in [-0.05, 0) is 31.0 Å². The van der Waals surface area contributed by atoms with Crippen molar-refractivity contribution in [3.63, 3.8) is 0 Å². The van der Waals surface area contributed by atoms with Gasteiger partial charge in [-0.25, -0.2) is 13.2 Å². The Balaban J connectivity index is 2.21. The predicted molar refractivity (Wildman–Crippen MR) is 61.0 cm³/mol. The molecule has 0 bridgehead atoms. The van der Waals surface area contributed by atoms with Crippen molar-refractivity contribution in [1.82, 2.24) is 0 Å². The van der Waals surface area contributed by atoms with Gasteiger partial charge in [-0.15, -0.1) is 0 Å². The lowest BCUT2D eigenvalue weighted by molar-refractivity contribution is 0.0543. The Morgan fingerprint density at radius 1 is 1.05 bits per heavy atom. The van der Waals surface area contributed by atoms with Crippen LogP contribution >= 0.6 is 0 Å². The zero-order valence-corrected chi connectivity index (χ0v) is 9.92. The molecule has 19 heavy (non-hydrogen) atoms. The summed E-state index contributed by atoms with van der Waals surface area (Å²) in [6.07, 6.45) is 2.85. The van der Waals surface area contributed by atoms with E-state index in [9.17, 15) is 18.3 Å². The lowest BCUT2D eigenvalue weighted by Crippen LogP contribution is -2.32. The second-order valence-electron chi connectivity index (χ2n) is 4.69. The second-order valence-corrected chi connectivity index (χ2v) is 4.69. The summed E-state index contributed by atoms with van der Waals surface area (Å²) in [6, 6.07) is 3.44. The van der Waals surface area contributed by atoms with Gasteiger partial charge in [0.2, 0.25) is 0 Å². The fraction of sp³-hybridized carbons (Fsp3) is 0.286. The van der Waals surface area contributed by atoms with Crippen LogP contribution in [0.4, 0.5) is 13.2 Å². The molecule has 1 aromatic carbocycles. The molecule has 1 unspecified atom stereocenters. The molecule has 0 saturated heterocycles. The first-order chi connectivity index (χ1) is 9.04. The van der Waals surface area contributed by atoms with E-state index < -0.39 is 23.1 Å². The number of fused-ring (bicyclic) bond motifs is 1. The Kier molecular flexibility index (Phi) is 2.67. The van der Waals surface area contributed by atoms with Crippen LogP contribution < -0.4 is 0 Å². The van der Waals surface area contributed by atoms with Gasteiger partial charge in [-0.2, -0.15) is 0 Å². The van der Waals surface area contributed by atoms with Crippen LogP contribution in [0.1, 0.15) is 29.7 Å². The fourth-order valence-corrected chi connectivity index (χ4v) is 2.67. The maximum atomic E-state index is 13.9. The smallest absolute Gasteiger partial charge is 0.194 e. The molecule has 0 saturated carbocycles. The van der Waals surface area contributed by atoms with Gasteiger partial charge in [-0.1, -0.05) is 0 Å². The molecule has 2 nitrogen and oxygen atoms in total. The van der Waals surface area contributed by atoms with Crippen LogP contribution in [-0.2, 0) is 12.0 Å². The summed E-state index contributed by atoms with van der Waals surface area (Å²) in [4.78, 5) is 0. The number of hydrogen-bond acceptors (Lipinski definition) is 2. The first-order valence-corrected chi connectivity index (χ1v) is 5.97. The monoisotopic (exact) mass is 268 g/mol. The van der Waals surface area contributed by atoms with E-state index in [1.807, 2.05) is 0 Å². The summed E-state index contributed by atoms with van der Waals surface area (Å²) in [5.74, 6) is -3.64. The molecule has 5 heteroatoms. The molecule has 1 aromatic heterocycles. The molecule has 1 aliphatic rings. The van der Waals surface area contributed by atoms with E-state index in [0.29, 0.717) is 24.2 Å². The second kappa shape index (κ2) is 4.13. The van der Waals surface area contributed by atoms with Gasteiger partial charge in [0.25, 0.3) is 0 Å². The Labute approximate surface area is 107 Å². The van der Waals surface area contributed by atoms with E-state index in [1.54, 1.807) is 0 Å². The SMILES string of the molecule is OC1(c2ccc(F)c(F)c2F)CCCc2occc21. The van der Waals surface area contributed by atoms with Crippen molar-refractivity contribution < 1.29 is 22.7 Å². The first kappa shape index (κ1) is 12.3. The number of aliphatic hydroxyl groups is 1. The molecule has 1 aliphatic carbocycles. The summed E-state index contributed by atoms with van der Waals surface area (Å²) >= 11 is 0. The minimum atomic E-state index is -1.67. The van der Waals surface area contributed by atoms with Crippen molar-refractivity contribution in [3.8, 4) is 0 Å². The molecule has 0 fully saturated rings. The highest BCUT2D eigenvalue weighted by molar-refractivity contribution is 5.40. The lowest BCUT2D eigenvalue weighted by atomic mass is 9.78. The highest BCUT2D eigenvalue weighted by atomic mass is 19.2. The summed E-state index contributed by atoms with van der Waals surface area (Å²) < 4.78 is 45.4. The summed E-state index contributed by atoms with van der Waals surface area (Å²) in [6.45, 7) is 0. The normalized spacial score (nSPS) is 22.3. The standard InChI is InChI=1S/C14H11F3O2/c15-10-4-3-9(12(16)13(10)17)14(18)6-1-2-11-8(14)5-7-19-11/h3-5,7,18H,1-2,6H2. The minimum absolute atomic E-state index is 0.238. The number of aryl methyl sites for hydroxylation is 1. The molecule has 3 rings (SSSR count). The van der Waals surface area contributed by atoms with Gasteiger partial charge < -0.3 is 9.52 Å². The molecule has 0 amide bonds. The van der Waals surface area contributed by atoms with Gasteiger partial charge in [0.05, 0.1) is 6.26 Å². The maximum Gasteiger partial charge on any atom is 0.194 e. The van der Waals surface area contributed by atoms with Gasteiger partial charge in [0.15, 0.2) is 17.5 Å². The molecule has 1 heterocycles. The Morgan fingerprint density at radius 3 is 2.63 bits per heavy atom. The largest absolute Gasteiger partial charge is 0.469 e. The minimum Gasteiger partial charge on any atom is -0.469 e. The fourth-order valence-electron chi connectivity index (χ4n) is 2.67. The average Bonchev–Trinajstić information content (AvgIpc) is 2.86. The van der Waals surface area contributed by atoms with E-state index in [2.05, 4.69) is 0 Å². The summed E-state index contributed by atoms with van der Waals surface area (Å²) in [5, 5.41) is 10.7. The first-order valence-electron chi connectivity index (χ1n) is 5.97. The number of hydrogen-bond donors (Lipinski definition) is 1. The van der Waals surface area contributed by atoms with E-state index in [1.165, 1.54) is 12.3 Å². The number of rotatable bonds is 1. The quantitative estimate of drug-likeness (QED) is 0.805. The molecule has 2 aromatic rings. The molecule has 100 valence electrons. The molecule has 1 atom stereocenters. The molecule has 0 spiro atoms. The van der Waals surface area contributed by atoms with Crippen molar-refractivity contribution in [2.24, 2.45) is 0 Å². The zero-order chi connectivity index (χ0) is 13.6. The third-order valence-electron chi connectivity index (χ3n) is 3.61. The third-order valence-corrected chi connectivity index (χ3v) is 3.61. The van der Waals surface area contributed by atoms with E-state index in [0.717, 1.165) is 12.1 Å². The Bertz CT molecular complexity index is 636. The number of furan rings is 1. The van der Waals surface area contributed by atoms with Crippen LogP contribution in [0.15, 0.2) is 28.9 Å². The van der Waals surface area contributed by atoms with E-state index in [-0.39, 0.29) is 12.0 Å². The van der Waals surface area contributed by atoms with Crippen molar-refractivity contribution in [2.75, 3.05) is 0 Å². The van der Waals surface area contributed by atoms with Crippen molar-refractivity contribution in [1.29, 1.82) is 0 Å². The van der Waals surface area contributed by atoms with Crippen molar-refractivity contribution in [3.05, 3.63) is 58.8 Å². The van der Waals surface area contributed by atoms with Crippen molar-refractivity contribution in [2.45, 2.75) is 24.9 Å². The van der Waals surface area contributed by atoms with Crippen LogP contribution in [0.2, 0.25) is 0 Å². The van der Waals surface area contributed by atoms with Crippen LogP contribution in [0.25, 0.3) is 0 Å². The van der Waals surface area contributed by atoms with Gasteiger partial charge >= 0.3 is 0 Å². The maximum absolute atomic E-state index is 13.9. The van der Waals surface area contributed by atoms with Gasteiger partial charge in [0, 0.05) is 17.5 Å². The Morgan fingerprint density at radius 2 is 1.84 bits per heavy atom. The summed E-state index contributed by atoms with van der Waals surface area (Å²) in [5.41, 5.74) is -1.50. The van der Waals surface area contributed by atoms with Crippen molar-refractivity contribution >= 4 is 0 Å². The van der Waals surface area contributed by atoms with Gasteiger partial charge in [-0.3, -0.25) is 0 Å². The molecular formula is C14H11F3O2. The number of benzene rings is 1. The Hall–Kier alpha value is -1.75. The highest BCUT2D eigenvalue weighted by Crippen LogP contribution is 2.42. The molecule has 1 N–H and O–H groups in total. The summed E-state index contributed by atoms with van der Waals surface area (Å²) in [7, 11) is 0. The van der Waals surface area contributed by atoms with Crippen LogP contribution in [0.5, 0.6) is 0 Å². The zero-order valence-electron chi connectivity index (χ0n) is 9.92. The highest BCUT2D eigenvalue weighted by Gasteiger charge is 2.40. The van der Waals surface area contributed by atoms with Gasteiger partial charge in [0.1, 0.15) is 11.4 Å².